The molecule has 5 nitrogen and oxygen atoms in total. The van der Waals surface area contributed by atoms with Crippen molar-refractivity contribution in [3.63, 3.8) is 0 Å². The van der Waals surface area contributed by atoms with E-state index >= 15 is 0 Å². The Balaban J connectivity index is 3.25. The number of aliphatic hydroxyl groups is 1. The molecule has 0 saturated carbocycles. The summed E-state index contributed by atoms with van der Waals surface area (Å²) in [6, 6.07) is 4.77. The Morgan fingerprint density at radius 2 is 1.86 bits per heavy atom. The van der Waals surface area contributed by atoms with Gasteiger partial charge in [0, 0.05) is 6.61 Å². The summed E-state index contributed by atoms with van der Waals surface area (Å²) in [4.78, 5) is 24.0. The fourth-order valence-electron chi connectivity index (χ4n) is 2.17. The number of aliphatic carboxylic acids is 1. The Morgan fingerprint density at radius 3 is 2.33 bits per heavy atom. The molecule has 1 atom stereocenters. The molecule has 1 unspecified atom stereocenters. The maximum absolute atomic E-state index is 13.0. The minimum atomic E-state index is -1.88. The van der Waals surface area contributed by atoms with Crippen molar-refractivity contribution >= 4 is 11.9 Å². The number of hydrogen-bond donors (Lipinski definition) is 2. The second-order valence-electron chi connectivity index (χ2n) is 4.62. The molecular formula is C15H19FO5. The van der Waals surface area contributed by atoms with Gasteiger partial charge in [-0.3, -0.25) is 9.59 Å². The molecular weight excluding hydrogens is 279 g/mol. The number of carbonyl (C=O) groups is 2. The average Bonchev–Trinajstić information content (AvgIpc) is 2.45. The normalized spacial score (nSPS) is 13.5. The van der Waals surface area contributed by atoms with Crippen LogP contribution in [0.15, 0.2) is 24.3 Å². The first kappa shape index (κ1) is 17.1. The molecule has 21 heavy (non-hydrogen) atoms. The van der Waals surface area contributed by atoms with E-state index in [1.54, 1.807) is 6.92 Å². The molecule has 0 amide bonds. The van der Waals surface area contributed by atoms with Crippen molar-refractivity contribution in [2.75, 3.05) is 13.2 Å². The lowest BCUT2D eigenvalue weighted by molar-refractivity contribution is -0.162. The highest BCUT2D eigenvalue weighted by atomic mass is 19.1. The molecule has 0 aliphatic rings. The lowest BCUT2D eigenvalue weighted by atomic mass is 9.76. The molecule has 0 aliphatic heterocycles. The van der Waals surface area contributed by atoms with Crippen molar-refractivity contribution in [2.24, 2.45) is 0 Å². The molecule has 0 heterocycles. The lowest BCUT2D eigenvalue weighted by Crippen LogP contribution is -2.45. The monoisotopic (exact) mass is 298 g/mol. The van der Waals surface area contributed by atoms with Crippen LogP contribution in [0.5, 0.6) is 0 Å². The van der Waals surface area contributed by atoms with Crippen molar-refractivity contribution in [3.05, 3.63) is 35.6 Å². The minimum Gasteiger partial charge on any atom is -0.480 e. The molecule has 2 N–H and O–H groups in total. The van der Waals surface area contributed by atoms with Gasteiger partial charge in [0.05, 0.1) is 6.61 Å². The SMILES string of the molecule is CCOC(=O)C(CCCCO)(C(=O)O)c1ccc(F)cc1. The largest absolute Gasteiger partial charge is 0.480 e. The van der Waals surface area contributed by atoms with Crippen LogP contribution < -0.4 is 0 Å². The van der Waals surface area contributed by atoms with Crippen molar-refractivity contribution in [1.29, 1.82) is 0 Å². The van der Waals surface area contributed by atoms with Crippen LogP contribution in [0.4, 0.5) is 4.39 Å². The molecule has 1 aromatic rings. The van der Waals surface area contributed by atoms with Crippen molar-refractivity contribution in [1.82, 2.24) is 0 Å². The predicted molar refractivity (Wildman–Crippen MR) is 73.3 cm³/mol. The van der Waals surface area contributed by atoms with Gasteiger partial charge in [-0.2, -0.15) is 0 Å². The first-order valence-electron chi connectivity index (χ1n) is 6.76. The van der Waals surface area contributed by atoms with Gasteiger partial charge in [0.2, 0.25) is 0 Å². The van der Waals surface area contributed by atoms with Crippen LogP contribution in [-0.2, 0) is 19.7 Å². The van der Waals surface area contributed by atoms with Crippen molar-refractivity contribution < 1.29 is 28.9 Å². The molecule has 0 fully saturated rings. The first-order valence-corrected chi connectivity index (χ1v) is 6.76. The summed E-state index contributed by atoms with van der Waals surface area (Å²) < 4.78 is 17.9. The third kappa shape index (κ3) is 3.78. The van der Waals surface area contributed by atoms with E-state index in [-0.39, 0.29) is 25.2 Å². The van der Waals surface area contributed by atoms with Gasteiger partial charge >= 0.3 is 11.9 Å². The number of halogens is 1. The van der Waals surface area contributed by atoms with Crippen LogP contribution in [0.3, 0.4) is 0 Å². The Labute approximate surface area is 122 Å². The number of carbonyl (C=O) groups excluding carboxylic acids is 1. The van der Waals surface area contributed by atoms with E-state index in [1.807, 2.05) is 0 Å². The average molecular weight is 298 g/mol. The summed E-state index contributed by atoms with van der Waals surface area (Å²) in [7, 11) is 0. The second-order valence-corrected chi connectivity index (χ2v) is 4.62. The summed E-state index contributed by atoms with van der Waals surface area (Å²) in [5, 5.41) is 18.4. The summed E-state index contributed by atoms with van der Waals surface area (Å²) in [6.07, 6.45) is 0.683. The molecule has 0 aromatic heterocycles. The number of benzene rings is 1. The van der Waals surface area contributed by atoms with E-state index in [0.717, 1.165) is 12.1 Å². The molecule has 116 valence electrons. The van der Waals surface area contributed by atoms with Crippen LogP contribution in [0.1, 0.15) is 31.7 Å². The summed E-state index contributed by atoms with van der Waals surface area (Å²) in [6.45, 7) is 1.54. The topological polar surface area (TPSA) is 83.8 Å². The van der Waals surface area contributed by atoms with E-state index in [9.17, 15) is 19.1 Å². The number of esters is 1. The number of carboxylic acids is 1. The lowest BCUT2D eigenvalue weighted by Gasteiger charge is -2.27. The third-order valence-corrected chi connectivity index (χ3v) is 3.29. The predicted octanol–water partition coefficient (Wildman–Crippen LogP) is 1.87. The van der Waals surface area contributed by atoms with Crippen LogP contribution in [0, 0.1) is 5.82 Å². The van der Waals surface area contributed by atoms with Gasteiger partial charge in [0.15, 0.2) is 5.41 Å². The quantitative estimate of drug-likeness (QED) is 0.435. The van der Waals surface area contributed by atoms with Crippen molar-refractivity contribution in [3.8, 4) is 0 Å². The van der Waals surface area contributed by atoms with Crippen LogP contribution in [0.2, 0.25) is 0 Å². The zero-order valence-corrected chi connectivity index (χ0v) is 11.8. The summed E-state index contributed by atoms with van der Waals surface area (Å²) in [5.41, 5.74) is -1.70. The van der Waals surface area contributed by atoms with Gasteiger partial charge < -0.3 is 14.9 Å². The molecule has 1 aromatic carbocycles. The smallest absolute Gasteiger partial charge is 0.328 e. The van der Waals surface area contributed by atoms with Gasteiger partial charge in [0.25, 0.3) is 0 Å². The number of hydrogen-bond acceptors (Lipinski definition) is 4. The van der Waals surface area contributed by atoms with Crippen LogP contribution in [0.25, 0.3) is 0 Å². The highest BCUT2D eigenvalue weighted by Gasteiger charge is 2.48. The minimum absolute atomic E-state index is 0.0205. The van der Waals surface area contributed by atoms with Gasteiger partial charge in [-0.25, -0.2) is 4.39 Å². The number of rotatable bonds is 8. The summed E-state index contributed by atoms with van der Waals surface area (Å²) in [5.74, 6) is -2.73. The second kappa shape index (κ2) is 7.73. The maximum Gasteiger partial charge on any atom is 0.328 e. The third-order valence-electron chi connectivity index (χ3n) is 3.29. The van der Waals surface area contributed by atoms with E-state index < -0.39 is 23.2 Å². The Hall–Kier alpha value is -1.95. The molecule has 1 rings (SSSR count). The maximum atomic E-state index is 13.0. The zero-order chi connectivity index (χ0) is 15.9. The Kier molecular flexibility index (Phi) is 6.30. The van der Waals surface area contributed by atoms with Crippen LogP contribution in [-0.4, -0.2) is 35.4 Å². The number of carboxylic acid groups (broad SMARTS) is 1. The Bertz CT molecular complexity index is 485. The van der Waals surface area contributed by atoms with Gasteiger partial charge in [-0.05, 0) is 43.9 Å². The van der Waals surface area contributed by atoms with Crippen molar-refractivity contribution in [2.45, 2.75) is 31.6 Å². The van der Waals surface area contributed by atoms with E-state index in [1.165, 1.54) is 12.1 Å². The van der Waals surface area contributed by atoms with E-state index in [4.69, 9.17) is 9.84 Å². The highest BCUT2D eigenvalue weighted by molar-refractivity contribution is 6.05. The summed E-state index contributed by atoms with van der Waals surface area (Å²) >= 11 is 0. The molecule has 6 heteroatoms. The molecule has 0 radical (unpaired) electrons. The number of unbranched alkanes of at least 4 members (excludes halogenated alkanes) is 1. The molecule has 0 bridgehead atoms. The number of aliphatic hydroxyl groups excluding tert-OH is 1. The highest BCUT2D eigenvalue weighted by Crippen LogP contribution is 2.32. The molecule has 0 saturated heterocycles. The standard InChI is InChI=1S/C15H19FO5/c1-2-21-14(20)15(13(18)19,9-3-4-10-17)11-5-7-12(16)8-6-11/h5-8,17H,2-4,9-10H2,1H3,(H,18,19). The number of ether oxygens (including phenoxy) is 1. The van der Waals surface area contributed by atoms with E-state index in [0.29, 0.717) is 12.8 Å². The van der Waals surface area contributed by atoms with Gasteiger partial charge in [-0.1, -0.05) is 12.1 Å². The van der Waals surface area contributed by atoms with Gasteiger partial charge in [-0.15, -0.1) is 0 Å². The fourth-order valence-corrected chi connectivity index (χ4v) is 2.17. The van der Waals surface area contributed by atoms with E-state index in [2.05, 4.69) is 0 Å². The Morgan fingerprint density at radius 1 is 1.24 bits per heavy atom. The van der Waals surface area contributed by atoms with Crippen LogP contribution >= 0.6 is 0 Å². The molecule has 0 spiro atoms. The fraction of sp³-hybridized carbons (Fsp3) is 0.467. The van der Waals surface area contributed by atoms with Gasteiger partial charge in [0.1, 0.15) is 5.82 Å². The zero-order valence-electron chi connectivity index (χ0n) is 11.8. The molecule has 0 aliphatic carbocycles. The first-order chi connectivity index (χ1) is 9.98.